The van der Waals surface area contributed by atoms with Gasteiger partial charge in [0.15, 0.2) is 0 Å². The van der Waals surface area contributed by atoms with Crippen molar-refractivity contribution < 1.29 is 14.0 Å². The zero-order chi connectivity index (χ0) is 21.8. The van der Waals surface area contributed by atoms with E-state index in [2.05, 4.69) is 45.5 Å². The molecule has 6 nitrogen and oxygen atoms in total. The molecule has 0 bridgehead atoms. The summed E-state index contributed by atoms with van der Waals surface area (Å²) < 4.78 is 15.0. The summed E-state index contributed by atoms with van der Waals surface area (Å²) in [6, 6.07) is 13.4. The normalized spacial score (nSPS) is 11.0. The molecule has 2 N–H and O–H groups in total. The van der Waals surface area contributed by atoms with Crippen molar-refractivity contribution in [2.75, 3.05) is 5.32 Å². The SMILES string of the molecule is Cc1ccc(C)c(-n2c(C)cc(/C=N\NC(=O)C(=O)Nc3ccc(F)cc3)c2C)c1. The van der Waals surface area contributed by atoms with Crippen LogP contribution in [-0.4, -0.2) is 22.6 Å². The number of hydrogen-bond acceptors (Lipinski definition) is 3. The lowest BCUT2D eigenvalue weighted by Gasteiger charge is -2.13. The maximum atomic E-state index is 12.9. The number of hydrazone groups is 1. The Kier molecular flexibility index (Phi) is 6.11. The van der Waals surface area contributed by atoms with Gasteiger partial charge in [-0.15, -0.1) is 0 Å². The molecule has 0 saturated heterocycles. The highest BCUT2D eigenvalue weighted by Crippen LogP contribution is 2.23. The van der Waals surface area contributed by atoms with Crippen molar-refractivity contribution in [1.29, 1.82) is 0 Å². The van der Waals surface area contributed by atoms with Gasteiger partial charge in [-0.25, -0.2) is 9.82 Å². The largest absolute Gasteiger partial charge is 0.329 e. The van der Waals surface area contributed by atoms with Crippen LogP contribution < -0.4 is 10.7 Å². The molecule has 7 heteroatoms. The van der Waals surface area contributed by atoms with Gasteiger partial charge in [-0.1, -0.05) is 12.1 Å². The highest BCUT2D eigenvalue weighted by atomic mass is 19.1. The van der Waals surface area contributed by atoms with Crippen LogP contribution in [-0.2, 0) is 9.59 Å². The molecule has 0 fully saturated rings. The molecule has 2 aromatic carbocycles. The average molecular weight is 406 g/mol. The number of aromatic nitrogens is 1. The molecule has 3 rings (SSSR count). The van der Waals surface area contributed by atoms with Crippen LogP contribution >= 0.6 is 0 Å². The molecule has 1 aromatic heterocycles. The van der Waals surface area contributed by atoms with Crippen LogP contribution in [0.3, 0.4) is 0 Å². The predicted octanol–water partition coefficient (Wildman–Crippen LogP) is 3.94. The van der Waals surface area contributed by atoms with Crippen molar-refractivity contribution in [3.05, 3.63) is 82.4 Å². The molecule has 2 amide bonds. The van der Waals surface area contributed by atoms with Crippen LogP contribution in [0.5, 0.6) is 0 Å². The van der Waals surface area contributed by atoms with E-state index in [1.165, 1.54) is 30.5 Å². The number of benzene rings is 2. The quantitative estimate of drug-likeness (QED) is 0.391. The van der Waals surface area contributed by atoms with Crippen LogP contribution in [0.25, 0.3) is 5.69 Å². The smallest absolute Gasteiger partial charge is 0.318 e. The Bertz CT molecular complexity index is 1130. The molecule has 0 unspecified atom stereocenters. The van der Waals surface area contributed by atoms with Gasteiger partial charge in [-0.3, -0.25) is 9.59 Å². The molecule has 154 valence electrons. The number of nitrogens with zero attached hydrogens (tertiary/aromatic N) is 2. The van der Waals surface area contributed by atoms with Gasteiger partial charge in [0.2, 0.25) is 0 Å². The standard InChI is InChI=1S/C23H23FN4O2/c1-14-5-6-15(2)21(11-14)28-16(3)12-18(17(28)4)13-25-27-23(30)22(29)26-20-9-7-19(24)8-10-20/h5-13H,1-4H3,(H,26,29)(H,27,30)/b25-13-. The van der Waals surface area contributed by atoms with E-state index in [0.717, 1.165) is 33.8 Å². The molecule has 3 aromatic rings. The third-order valence-electron chi connectivity index (χ3n) is 4.75. The van der Waals surface area contributed by atoms with Crippen molar-refractivity contribution in [2.24, 2.45) is 5.10 Å². The summed E-state index contributed by atoms with van der Waals surface area (Å²) >= 11 is 0. The van der Waals surface area contributed by atoms with Gasteiger partial charge in [0.05, 0.1) is 6.21 Å². The fourth-order valence-corrected chi connectivity index (χ4v) is 3.18. The van der Waals surface area contributed by atoms with Crippen molar-refractivity contribution in [1.82, 2.24) is 9.99 Å². The van der Waals surface area contributed by atoms with Crippen LogP contribution in [0.2, 0.25) is 0 Å². The lowest BCUT2D eigenvalue weighted by Crippen LogP contribution is -2.32. The molecule has 1 heterocycles. The lowest BCUT2D eigenvalue weighted by molar-refractivity contribution is -0.136. The Morgan fingerprint density at radius 3 is 2.37 bits per heavy atom. The Balaban J connectivity index is 1.70. The summed E-state index contributed by atoms with van der Waals surface area (Å²) in [5.41, 5.74) is 8.76. The van der Waals surface area contributed by atoms with E-state index in [-0.39, 0.29) is 0 Å². The highest BCUT2D eigenvalue weighted by molar-refractivity contribution is 6.39. The van der Waals surface area contributed by atoms with Gasteiger partial charge >= 0.3 is 11.8 Å². The molecule has 0 aliphatic rings. The van der Waals surface area contributed by atoms with E-state index in [1.54, 1.807) is 0 Å². The summed E-state index contributed by atoms with van der Waals surface area (Å²) in [6.07, 6.45) is 1.51. The molecule has 0 atom stereocenters. The Hall–Kier alpha value is -3.74. The fourth-order valence-electron chi connectivity index (χ4n) is 3.18. The van der Waals surface area contributed by atoms with Crippen molar-refractivity contribution >= 4 is 23.7 Å². The average Bonchev–Trinajstić information content (AvgIpc) is 2.98. The second-order valence-electron chi connectivity index (χ2n) is 7.11. The van der Waals surface area contributed by atoms with Gasteiger partial charge in [0.25, 0.3) is 0 Å². The van der Waals surface area contributed by atoms with E-state index in [9.17, 15) is 14.0 Å². The lowest BCUT2D eigenvalue weighted by atomic mass is 10.1. The van der Waals surface area contributed by atoms with E-state index in [4.69, 9.17) is 0 Å². The van der Waals surface area contributed by atoms with Gasteiger partial charge < -0.3 is 9.88 Å². The first-order valence-corrected chi connectivity index (χ1v) is 9.43. The van der Waals surface area contributed by atoms with Crippen LogP contribution in [0.4, 0.5) is 10.1 Å². The third kappa shape index (κ3) is 4.63. The minimum atomic E-state index is -0.918. The van der Waals surface area contributed by atoms with Crippen molar-refractivity contribution in [2.45, 2.75) is 27.7 Å². The maximum absolute atomic E-state index is 12.9. The van der Waals surface area contributed by atoms with Crippen LogP contribution in [0, 0.1) is 33.5 Å². The molecular weight excluding hydrogens is 383 g/mol. The summed E-state index contributed by atoms with van der Waals surface area (Å²) in [7, 11) is 0. The second-order valence-corrected chi connectivity index (χ2v) is 7.11. The fraction of sp³-hybridized carbons (Fsp3) is 0.174. The van der Waals surface area contributed by atoms with Crippen LogP contribution in [0.1, 0.15) is 28.1 Å². The summed E-state index contributed by atoms with van der Waals surface area (Å²) in [5.74, 6) is -2.24. The minimum Gasteiger partial charge on any atom is -0.318 e. The summed E-state index contributed by atoms with van der Waals surface area (Å²) in [6.45, 7) is 8.08. The maximum Gasteiger partial charge on any atom is 0.329 e. The van der Waals surface area contributed by atoms with Crippen molar-refractivity contribution in [3.8, 4) is 5.69 Å². The summed E-state index contributed by atoms with van der Waals surface area (Å²) in [5, 5.41) is 6.29. The number of carbonyl (C=O) groups excluding carboxylic acids is 2. The third-order valence-corrected chi connectivity index (χ3v) is 4.75. The summed E-state index contributed by atoms with van der Waals surface area (Å²) in [4.78, 5) is 23.9. The number of nitrogens with one attached hydrogen (secondary N) is 2. The molecule has 0 spiro atoms. The van der Waals surface area contributed by atoms with E-state index < -0.39 is 17.6 Å². The molecule has 0 saturated carbocycles. The number of halogens is 1. The molecule has 0 aliphatic heterocycles. The molecule has 0 aliphatic carbocycles. The van der Waals surface area contributed by atoms with Gasteiger partial charge in [-0.2, -0.15) is 5.10 Å². The van der Waals surface area contributed by atoms with E-state index in [1.807, 2.05) is 26.8 Å². The topological polar surface area (TPSA) is 75.5 Å². The predicted molar refractivity (Wildman–Crippen MR) is 115 cm³/mol. The first-order chi connectivity index (χ1) is 14.3. The number of hydrogen-bond donors (Lipinski definition) is 2. The number of anilines is 1. The monoisotopic (exact) mass is 406 g/mol. The first kappa shape index (κ1) is 21.0. The van der Waals surface area contributed by atoms with Gasteiger partial charge in [-0.05, 0) is 75.2 Å². The van der Waals surface area contributed by atoms with E-state index >= 15 is 0 Å². The van der Waals surface area contributed by atoms with Gasteiger partial charge in [0.1, 0.15) is 5.82 Å². The van der Waals surface area contributed by atoms with Crippen LogP contribution in [0.15, 0.2) is 53.6 Å². The number of amides is 2. The van der Waals surface area contributed by atoms with E-state index in [0.29, 0.717) is 5.69 Å². The zero-order valence-electron chi connectivity index (χ0n) is 17.3. The minimum absolute atomic E-state index is 0.317. The molecular formula is C23H23FN4O2. The highest BCUT2D eigenvalue weighted by Gasteiger charge is 2.14. The molecule has 0 radical (unpaired) electrons. The number of carbonyl (C=O) groups is 2. The first-order valence-electron chi connectivity index (χ1n) is 9.43. The van der Waals surface area contributed by atoms with Gasteiger partial charge in [0, 0.05) is 28.3 Å². The molecule has 30 heavy (non-hydrogen) atoms. The van der Waals surface area contributed by atoms with Crippen molar-refractivity contribution in [3.63, 3.8) is 0 Å². The second kappa shape index (κ2) is 8.73. The Morgan fingerprint density at radius 2 is 1.67 bits per heavy atom. The number of aryl methyl sites for hydroxylation is 3. The number of rotatable bonds is 4. The zero-order valence-corrected chi connectivity index (χ0v) is 17.3. The Morgan fingerprint density at radius 1 is 0.967 bits per heavy atom. The Labute approximate surface area is 174 Å².